The molecule has 2 bridgehead atoms. The third-order valence-corrected chi connectivity index (χ3v) is 9.85. The van der Waals surface area contributed by atoms with Crippen LogP contribution in [0.1, 0.15) is 65.7 Å². The fourth-order valence-electron chi connectivity index (χ4n) is 7.80. The summed E-state index contributed by atoms with van der Waals surface area (Å²) in [6.45, 7) is 7.09. The second-order valence-corrected chi connectivity index (χ2v) is 12.2. The second kappa shape index (κ2) is 11.1. The minimum atomic E-state index is -0.767. The molecule has 6 rings (SSSR count). The van der Waals surface area contributed by atoms with Crippen molar-refractivity contribution in [1.29, 1.82) is 5.26 Å². The molecule has 1 unspecified atom stereocenters. The predicted octanol–water partition coefficient (Wildman–Crippen LogP) is 2.25. The summed E-state index contributed by atoms with van der Waals surface area (Å²) < 4.78 is 17.4. The highest BCUT2D eigenvalue weighted by molar-refractivity contribution is 5.87. The van der Waals surface area contributed by atoms with Crippen molar-refractivity contribution in [3.05, 3.63) is 39.4 Å². The number of hydrogen-bond donors (Lipinski definition) is 4. The number of nitriles is 1. The van der Waals surface area contributed by atoms with Crippen LogP contribution in [0.2, 0.25) is 0 Å². The zero-order chi connectivity index (χ0) is 31.6. The third-order valence-electron chi connectivity index (χ3n) is 9.85. The molecule has 0 saturated carbocycles. The second-order valence-electron chi connectivity index (χ2n) is 12.2. The number of rotatable bonds is 6. The van der Waals surface area contributed by atoms with Gasteiger partial charge in [0.15, 0.2) is 23.0 Å². The van der Waals surface area contributed by atoms with Gasteiger partial charge < -0.3 is 35.1 Å². The molecule has 4 heterocycles. The van der Waals surface area contributed by atoms with E-state index >= 15 is 0 Å². The summed E-state index contributed by atoms with van der Waals surface area (Å²) in [5.74, 6) is 0.924. The van der Waals surface area contributed by atoms with Gasteiger partial charge in [-0.25, -0.2) is 0 Å². The normalized spacial score (nSPS) is 25.6. The maximum Gasteiger partial charge on any atom is 0.242 e. The molecule has 44 heavy (non-hydrogen) atoms. The number of hydrogen-bond acceptors (Lipinski definition) is 10. The van der Waals surface area contributed by atoms with Crippen LogP contribution in [0.5, 0.6) is 28.7 Å². The summed E-state index contributed by atoms with van der Waals surface area (Å²) in [6, 6.07) is 1.73. The smallest absolute Gasteiger partial charge is 0.242 e. The molecule has 2 amide bonds. The number of nitrogens with zero attached hydrogens (tertiary/aromatic N) is 3. The van der Waals surface area contributed by atoms with E-state index in [2.05, 4.69) is 26.5 Å². The number of likely N-dealkylation sites (N-methyl/N-ethyl adjacent to an activating group) is 1. The Hall–Kier alpha value is -4.21. The lowest BCUT2D eigenvalue weighted by Gasteiger charge is -2.60. The first-order chi connectivity index (χ1) is 21.0. The first-order valence-corrected chi connectivity index (χ1v) is 15.0. The largest absolute Gasteiger partial charge is 0.507 e. The summed E-state index contributed by atoms with van der Waals surface area (Å²) in [7, 11) is 3.51. The quantitative estimate of drug-likeness (QED) is 0.385. The topological polar surface area (TPSA) is 157 Å². The number of carbonyl (C=O) groups excluding carboxylic acids is 2. The maximum atomic E-state index is 13.2. The lowest BCUT2D eigenvalue weighted by Crippen LogP contribution is -2.68. The highest BCUT2D eigenvalue weighted by atomic mass is 16.7. The van der Waals surface area contributed by atoms with Gasteiger partial charge in [-0.1, -0.05) is 13.0 Å². The number of fused-ring (bicyclic) bond motifs is 9. The number of piperazine rings is 1. The lowest BCUT2D eigenvalue weighted by molar-refractivity contribution is -0.129. The average molecular weight is 606 g/mol. The van der Waals surface area contributed by atoms with Gasteiger partial charge in [0.05, 0.1) is 25.3 Å². The van der Waals surface area contributed by atoms with Gasteiger partial charge in [-0.2, -0.15) is 5.26 Å². The Bertz CT molecular complexity index is 1590. The Labute approximate surface area is 256 Å². The molecule has 0 aromatic heterocycles. The predicted molar refractivity (Wildman–Crippen MR) is 159 cm³/mol. The zero-order valence-electron chi connectivity index (χ0n) is 25.9. The SMILES string of the molecule is CCC(=O)N[C@@H](C)C(=O)NC[C@H]1c2c(c(O)c(C)c3c2OCO3)CC2[C@H]3c4c(cc(C)c(OC)c4O)C[C@@H]([C@H](C#N)N21)N3C. The Morgan fingerprint density at radius 1 is 1.16 bits per heavy atom. The molecule has 1 fully saturated rings. The van der Waals surface area contributed by atoms with Crippen molar-refractivity contribution in [2.45, 2.75) is 83.2 Å². The van der Waals surface area contributed by atoms with Crippen LogP contribution in [-0.4, -0.2) is 83.5 Å². The summed E-state index contributed by atoms with van der Waals surface area (Å²) in [5.41, 5.74) is 4.43. The van der Waals surface area contributed by atoms with Gasteiger partial charge in [0.2, 0.25) is 18.6 Å². The van der Waals surface area contributed by atoms with Crippen molar-refractivity contribution in [3.8, 4) is 34.8 Å². The highest BCUT2D eigenvalue weighted by Crippen LogP contribution is 2.58. The molecule has 12 heteroatoms. The first-order valence-electron chi connectivity index (χ1n) is 15.0. The number of aryl methyl sites for hydroxylation is 1. The molecular weight excluding hydrogens is 566 g/mol. The molecule has 4 N–H and O–H groups in total. The van der Waals surface area contributed by atoms with E-state index in [1.807, 2.05) is 20.0 Å². The number of nitrogens with one attached hydrogen (secondary N) is 2. The van der Waals surface area contributed by atoms with Crippen molar-refractivity contribution in [3.63, 3.8) is 0 Å². The van der Waals surface area contributed by atoms with Gasteiger partial charge in [0, 0.05) is 47.3 Å². The van der Waals surface area contributed by atoms with Crippen LogP contribution in [-0.2, 0) is 22.4 Å². The van der Waals surface area contributed by atoms with Crippen LogP contribution in [0, 0.1) is 25.2 Å². The summed E-state index contributed by atoms with van der Waals surface area (Å²) in [6.07, 6.45) is 1.15. The van der Waals surface area contributed by atoms with Gasteiger partial charge in [0.1, 0.15) is 17.8 Å². The van der Waals surface area contributed by atoms with Gasteiger partial charge >= 0.3 is 0 Å². The monoisotopic (exact) mass is 605 g/mol. The first kappa shape index (κ1) is 29.8. The fourth-order valence-corrected chi connectivity index (χ4v) is 7.80. The molecule has 4 aliphatic rings. The van der Waals surface area contributed by atoms with Crippen LogP contribution in [0.25, 0.3) is 0 Å². The van der Waals surface area contributed by atoms with Gasteiger partial charge in [0.25, 0.3) is 0 Å². The van der Waals surface area contributed by atoms with Crippen molar-refractivity contribution in [1.82, 2.24) is 20.4 Å². The molecule has 0 aliphatic carbocycles. The Morgan fingerprint density at radius 2 is 1.89 bits per heavy atom. The van der Waals surface area contributed by atoms with Crippen LogP contribution in [0.15, 0.2) is 6.07 Å². The van der Waals surface area contributed by atoms with E-state index in [-0.39, 0.29) is 61.2 Å². The van der Waals surface area contributed by atoms with Crippen LogP contribution in [0.3, 0.4) is 0 Å². The molecule has 0 radical (unpaired) electrons. The van der Waals surface area contributed by atoms with Crippen LogP contribution in [0.4, 0.5) is 0 Å². The van der Waals surface area contributed by atoms with Crippen LogP contribution >= 0.6 is 0 Å². The number of phenolic OH excluding ortho intramolecular Hbond substituents is 2. The summed E-state index contributed by atoms with van der Waals surface area (Å²) in [4.78, 5) is 29.5. The number of amides is 2. The number of aromatic hydroxyl groups is 2. The Kier molecular flexibility index (Phi) is 7.50. The number of methoxy groups -OCH3 is 1. The van der Waals surface area contributed by atoms with Gasteiger partial charge in [-0.15, -0.1) is 0 Å². The van der Waals surface area contributed by atoms with Crippen molar-refractivity contribution in [2.24, 2.45) is 0 Å². The summed E-state index contributed by atoms with van der Waals surface area (Å²) in [5, 5.41) is 39.5. The molecule has 12 nitrogen and oxygen atoms in total. The van der Waals surface area contributed by atoms with Gasteiger partial charge in [-0.3, -0.25) is 19.4 Å². The minimum absolute atomic E-state index is 0.00921. The number of ether oxygens (including phenoxy) is 3. The van der Waals surface area contributed by atoms with Gasteiger partial charge in [-0.05, 0) is 51.8 Å². The standard InChI is InChI=1S/C32H39N5O7/c1-7-23(38)35-16(4)32(41)34-12-22-25-18(27(39)15(3)30-31(25)44-13-43-30)10-20-26-24-17(8-14(2)29(42-6)28(24)40)9-19(36(26)5)21(11-33)37(20)22/h8,16,19-22,26,39-40H,7,9-10,12-13H2,1-6H3,(H,34,41)(H,35,38)/t16-,19-,20?,21-,22-,26-/m0/s1. The lowest BCUT2D eigenvalue weighted by atomic mass is 9.71. The summed E-state index contributed by atoms with van der Waals surface area (Å²) >= 11 is 0. The highest BCUT2D eigenvalue weighted by Gasteiger charge is 2.56. The maximum absolute atomic E-state index is 13.2. The zero-order valence-corrected chi connectivity index (χ0v) is 25.9. The van der Waals surface area contributed by atoms with E-state index in [1.165, 1.54) is 7.11 Å². The minimum Gasteiger partial charge on any atom is -0.507 e. The fraction of sp³-hybridized carbons (Fsp3) is 0.531. The molecule has 234 valence electrons. The third kappa shape index (κ3) is 4.32. The molecule has 2 aromatic rings. The van der Waals surface area contributed by atoms with Crippen molar-refractivity contribution >= 4 is 11.8 Å². The molecule has 1 saturated heterocycles. The van der Waals surface area contributed by atoms with Crippen molar-refractivity contribution in [2.75, 3.05) is 27.5 Å². The number of benzene rings is 2. The molecule has 4 aliphatic heterocycles. The van der Waals surface area contributed by atoms with Crippen molar-refractivity contribution < 1.29 is 34.0 Å². The molecule has 6 atom stereocenters. The Morgan fingerprint density at radius 3 is 2.57 bits per heavy atom. The molecular formula is C32H39N5O7. The van der Waals surface area contributed by atoms with E-state index < -0.39 is 18.1 Å². The van der Waals surface area contributed by atoms with E-state index in [4.69, 9.17) is 14.2 Å². The number of carbonyl (C=O) groups is 2. The average Bonchev–Trinajstić information content (AvgIpc) is 3.49. The van der Waals surface area contributed by atoms with E-state index in [1.54, 1.807) is 20.8 Å². The van der Waals surface area contributed by atoms with E-state index in [0.29, 0.717) is 46.8 Å². The van der Waals surface area contributed by atoms with Crippen LogP contribution < -0.4 is 24.8 Å². The molecule has 2 aromatic carbocycles. The molecule has 0 spiro atoms. The number of phenols is 2. The van der Waals surface area contributed by atoms with E-state index in [9.17, 15) is 25.1 Å². The Balaban J connectivity index is 1.50. The van der Waals surface area contributed by atoms with E-state index in [0.717, 1.165) is 16.7 Å².